The maximum Gasteiger partial charge on any atom is 0.254 e. The molecule has 0 radical (unpaired) electrons. The fourth-order valence-corrected chi connectivity index (χ4v) is 2.12. The number of hydrogen-bond acceptors (Lipinski definition) is 2. The van der Waals surface area contributed by atoms with Crippen LogP contribution in [-0.2, 0) is 13.0 Å². The highest BCUT2D eigenvalue weighted by Crippen LogP contribution is 2.23. The van der Waals surface area contributed by atoms with Gasteiger partial charge in [0.05, 0.1) is 0 Å². The fraction of sp³-hybridized carbons (Fsp3) is 0.462. The Hall–Kier alpha value is -1.35. The molecule has 3 nitrogen and oxygen atoms in total. The number of carbonyl (C=O) groups excluding carboxylic acids is 1. The first-order valence-electron chi connectivity index (χ1n) is 5.79. The van der Waals surface area contributed by atoms with E-state index in [0.717, 1.165) is 43.5 Å². The van der Waals surface area contributed by atoms with Gasteiger partial charge in [-0.1, -0.05) is 12.1 Å². The van der Waals surface area contributed by atoms with Crippen molar-refractivity contribution in [3.63, 3.8) is 0 Å². The van der Waals surface area contributed by atoms with Gasteiger partial charge in [0.15, 0.2) is 0 Å². The lowest BCUT2D eigenvalue weighted by Gasteiger charge is -2.04. The summed E-state index contributed by atoms with van der Waals surface area (Å²) in [5.74, 6) is 0.149. The molecule has 16 heavy (non-hydrogen) atoms. The van der Waals surface area contributed by atoms with E-state index < -0.39 is 0 Å². The average molecular weight is 218 g/mol. The number of hydrogen-bond donors (Lipinski definition) is 1. The quantitative estimate of drug-likeness (QED) is 0.779. The third-order valence-corrected chi connectivity index (χ3v) is 3.08. The number of amides is 1. The smallest absolute Gasteiger partial charge is 0.254 e. The van der Waals surface area contributed by atoms with Gasteiger partial charge in [0.2, 0.25) is 0 Å². The first-order chi connectivity index (χ1) is 7.72. The van der Waals surface area contributed by atoms with E-state index in [1.54, 1.807) is 4.90 Å². The van der Waals surface area contributed by atoms with Crippen molar-refractivity contribution in [2.45, 2.75) is 25.8 Å². The molecular formula is C13H18N2O. The lowest BCUT2D eigenvalue weighted by Crippen LogP contribution is -2.17. The van der Waals surface area contributed by atoms with Crippen molar-refractivity contribution in [3.05, 3.63) is 34.9 Å². The molecule has 1 aliphatic rings. The zero-order valence-electron chi connectivity index (χ0n) is 9.70. The van der Waals surface area contributed by atoms with E-state index in [1.165, 1.54) is 5.56 Å². The van der Waals surface area contributed by atoms with E-state index in [-0.39, 0.29) is 5.91 Å². The van der Waals surface area contributed by atoms with Crippen LogP contribution in [0.2, 0.25) is 0 Å². The Balaban J connectivity index is 2.11. The summed E-state index contributed by atoms with van der Waals surface area (Å²) in [6, 6.07) is 6.24. The van der Waals surface area contributed by atoms with Gasteiger partial charge in [-0.05, 0) is 43.0 Å². The number of carbonyl (C=O) groups is 1. The molecule has 2 N–H and O–H groups in total. The Morgan fingerprint density at radius 3 is 2.94 bits per heavy atom. The Labute approximate surface area is 96.2 Å². The molecule has 0 fully saturated rings. The second-order valence-corrected chi connectivity index (χ2v) is 4.40. The van der Waals surface area contributed by atoms with Crippen LogP contribution in [0.25, 0.3) is 0 Å². The minimum absolute atomic E-state index is 0.149. The number of unbranched alkanes of at least 4 members (excludes halogenated alkanes) is 1. The zero-order chi connectivity index (χ0) is 11.5. The number of nitrogens with two attached hydrogens (primary N) is 1. The van der Waals surface area contributed by atoms with Gasteiger partial charge in [0.25, 0.3) is 5.91 Å². The van der Waals surface area contributed by atoms with E-state index in [4.69, 9.17) is 5.73 Å². The summed E-state index contributed by atoms with van der Waals surface area (Å²) in [5.41, 5.74) is 8.74. The third-order valence-electron chi connectivity index (χ3n) is 3.08. The molecule has 0 aromatic heterocycles. The lowest BCUT2D eigenvalue weighted by atomic mass is 10.0. The summed E-state index contributed by atoms with van der Waals surface area (Å²) in [7, 11) is 1.84. The van der Waals surface area contributed by atoms with E-state index in [0.29, 0.717) is 0 Å². The van der Waals surface area contributed by atoms with Crippen molar-refractivity contribution < 1.29 is 4.79 Å². The van der Waals surface area contributed by atoms with Crippen molar-refractivity contribution >= 4 is 5.91 Å². The third kappa shape index (κ3) is 2.09. The van der Waals surface area contributed by atoms with Crippen LogP contribution in [0.4, 0.5) is 0 Å². The van der Waals surface area contributed by atoms with Crippen LogP contribution >= 0.6 is 0 Å². The second-order valence-electron chi connectivity index (χ2n) is 4.40. The van der Waals surface area contributed by atoms with Crippen LogP contribution in [0.3, 0.4) is 0 Å². The first-order valence-corrected chi connectivity index (χ1v) is 5.79. The lowest BCUT2D eigenvalue weighted by molar-refractivity contribution is 0.0816. The van der Waals surface area contributed by atoms with Crippen molar-refractivity contribution in [3.8, 4) is 0 Å². The maximum absolute atomic E-state index is 11.8. The molecule has 0 aliphatic carbocycles. The number of rotatable bonds is 4. The van der Waals surface area contributed by atoms with Crippen molar-refractivity contribution in [1.29, 1.82) is 0 Å². The van der Waals surface area contributed by atoms with Crippen LogP contribution in [0.1, 0.15) is 34.3 Å². The van der Waals surface area contributed by atoms with E-state index >= 15 is 0 Å². The summed E-state index contributed by atoms with van der Waals surface area (Å²) < 4.78 is 0. The average Bonchev–Trinajstić information content (AvgIpc) is 2.56. The predicted octanol–water partition coefficient (Wildman–Crippen LogP) is 1.55. The van der Waals surface area contributed by atoms with Gasteiger partial charge >= 0.3 is 0 Å². The van der Waals surface area contributed by atoms with Gasteiger partial charge < -0.3 is 10.6 Å². The number of benzene rings is 1. The first kappa shape index (κ1) is 11.1. The zero-order valence-corrected chi connectivity index (χ0v) is 9.70. The Morgan fingerprint density at radius 1 is 1.38 bits per heavy atom. The summed E-state index contributed by atoms with van der Waals surface area (Å²) in [6.07, 6.45) is 3.16. The topological polar surface area (TPSA) is 46.3 Å². The molecule has 0 atom stereocenters. The van der Waals surface area contributed by atoms with Crippen LogP contribution in [0, 0.1) is 0 Å². The number of aryl methyl sites for hydroxylation is 1. The van der Waals surface area contributed by atoms with Gasteiger partial charge in [0, 0.05) is 19.2 Å². The largest absolute Gasteiger partial charge is 0.337 e. The van der Waals surface area contributed by atoms with Gasteiger partial charge in [-0.3, -0.25) is 4.79 Å². The van der Waals surface area contributed by atoms with Crippen LogP contribution in [0.5, 0.6) is 0 Å². The van der Waals surface area contributed by atoms with Crippen LogP contribution < -0.4 is 5.73 Å². The second kappa shape index (κ2) is 4.66. The predicted molar refractivity (Wildman–Crippen MR) is 64.2 cm³/mol. The van der Waals surface area contributed by atoms with E-state index in [2.05, 4.69) is 12.1 Å². The molecule has 1 aromatic carbocycles. The number of fused-ring (bicyclic) bond motifs is 1. The summed E-state index contributed by atoms with van der Waals surface area (Å²) >= 11 is 0. The highest BCUT2D eigenvalue weighted by atomic mass is 16.2. The van der Waals surface area contributed by atoms with E-state index in [1.807, 2.05) is 13.1 Å². The minimum atomic E-state index is 0.149. The van der Waals surface area contributed by atoms with Gasteiger partial charge in [-0.25, -0.2) is 0 Å². The molecule has 1 aromatic rings. The summed E-state index contributed by atoms with van der Waals surface area (Å²) in [4.78, 5) is 13.5. The molecule has 3 heteroatoms. The van der Waals surface area contributed by atoms with Crippen molar-refractivity contribution in [2.75, 3.05) is 13.6 Å². The molecule has 0 saturated heterocycles. The summed E-state index contributed by atoms with van der Waals surface area (Å²) in [5, 5.41) is 0. The van der Waals surface area contributed by atoms with Crippen molar-refractivity contribution in [1.82, 2.24) is 4.90 Å². The van der Waals surface area contributed by atoms with Crippen LogP contribution in [0.15, 0.2) is 18.2 Å². The molecular weight excluding hydrogens is 200 g/mol. The highest BCUT2D eigenvalue weighted by Gasteiger charge is 2.23. The van der Waals surface area contributed by atoms with Crippen LogP contribution in [-0.4, -0.2) is 24.4 Å². The highest BCUT2D eigenvalue weighted by molar-refractivity contribution is 5.98. The van der Waals surface area contributed by atoms with Gasteiger partial charge in [-0.2, -0.15) is 0 Å². The van der Waals surface area contributed by atoms with Gasteiger partial charge in [0.1, 0.15) is 0 Å². The molecule has 1 heterocycles. The standard InChI is InChI=1S/C13H18N2O/c1-15-9-11-6-5-10(4-2-3-7-14)8-12(11)13(15)16/h5-6,8H,2-4,7,9,14H2,1H3. The Morgan fingerprint density at radius 2 is 2.19 bits per heavy atom. The monoisotopic (exact) mass is 218 g/mol. The fourth-order valence-electron chi connectivity index (χ4n) is 2.12. The maximum atomic E-state index is 11.8. The normalized spacial score (nSPS) is 14.4. The molecule has 0 bridgehead atoms. The summed E-state index contributed by atoms with van der Waals surface area (Å²) in [6.45, 7) is 1.49. The van der Waals surface area contributed by atoms with Gasteiger partial charge in [-0.15, -0.1) is 0 Å². The molecule has 0 saturated carbocycles. The Bertz CT molecular complexity index is 401. The minimum Gasteiger partial charge on any atom is -0.337 e. The molecule has 1 aliphatic heterocycles. The van der Waals surface area contributed by atoms with Crippen molar-refractivity contribution in [2.24, 2.45) is 5.73 Å². The molecule has 86 valence electrons. The molecule has 0 unspecified atom stereocenters. The Kier molecular flexibility index (Phi) is 3.25. The molecule has 1 amide bonds. The van der Waals surface area contributed by atoms with E-state index in [9.17, 15) is 4.79 Å². The molecule has 2 rings (SSSR count). The SMILES string of the molecule is CN1Cc2ccc(CCCCN)cc2C1=O. The number of nitrogens with zero attached hydrogens (tertiary/aromatic N) is 1. The molecule has 0 spiro atoms.